The van der Waals surface area contributed by atoms with Crippen LogP contribution in [0.2, 0.25) is 0 Å². The first kappa shape index (κ1) is 16.7. The molecule has 0 unspecified atom stereocenters. The summed E-state index contributed by atoms with van der Waals surface area (Å²) in [7, 11) is 1.64. The van der Waals surface area contributed by atoms with Crippen molar-refractivity contribution in [3.63, 3.8) is 0 Å². The summed E-state index contributed by atoms with van der Waals surface area (Å²) in [5, 5.41) is 5.47. The molecule has 0 aliphatic carbocycles. The molecule has 0 saturated heterocycles. The van der Waals surface area contributed by atoms with Crippen molar-refractivity contribution in [2.75, 3.05) is 13.7 Å². The van der Waals surface area contributed by atoms with Crippen LogP contribution in [0.25, 0.3) is 17.1 Å². The molecule has 0 bridgehead atoms. The molecule has 3 aromatic rings. The first-order valence-electron chi connectivity index (χ1n) is 8.00. The number of methoxy groups -OCH3 is 1. The van der Waals surface area contributed by atoms with Crippen LogP contribution in [-0.2, 0) is 16.1 Å². The molecule has 2 heterocycles. The molecule has 0 aliphatic heterocycles. The minimum atomic E-state index is -0.385. The number of esters is 1. The van der Waals surface area contributed by atoms with Gasteiger partial charge in [-0.3, -0.25) is 0 Å². The van der Waals surface area contributed by atoms with Gasteiger partial charge in [0.05, 0.1) is 26.0 Å². The van der Waals surface area contributed by atoms with Gasteiger partial charge in [0.1, 0.15) is 5.75 Å². The quantitative estimate of drug-likeness (QED) is 0.511. The van der Waals surface area contributed by atoms with E-state index >= 15 is 0 Å². The van der Waals surface area contributed by atoms with Gasteiger partial charge in [-0.25, -0.2) is 14.5 Å². The number of rotatable bonds is 6. The highest BCUT2D eigenvalue weighted by atomic mass is 16.5. The van der Waals surface area contributed by atoms with Gasteiger partial charge < -0.3 is 9.47 Å². The Morgan fingerprint density at radius 3 is 2.76 bits per heavy atom. The Hall–Kier alpha value is -3.15. The van der Waals surface area contributed by atoms with E-state index in [0.717, 1.165) is 22.3 Å². The molecule has 6 nitrogen and oxygen atoms in total. The molecular formula is C19H19N3O3. The van der Waals surface area contributed by atoms with E-state index in [1.165, 1.54) is 6.08 Å². The highest BCUT2D eigenvalue weighted by Crippen LogP contribution is 2.19. The maximum Gasteiger partial charge on any atom is 0.330 e. The molecule has 6 heteroatoms. The number of nitrogens with zero attached hydrogens (tertiary/aromatic N) is 3. The van der Waals surface area contributed by atoms with Crippen molar-refractivity contribution < 1.29 is 14.3 Å². The van der Waals surface area contributed by atoms with Crippen LogP contribution in [0.3, 0.4) is 0 Å². The summed E-state index contributed by atoms with van der Waals surface area (Å²) in [6, 6.07) is 11.6. The van der Waals surface area contributed by atoms with Crippen molar-refractivity contribution in [3.8, 4) is 5.75 Å². The van der Waals surface area contributed by atoms with Crippen molar-refractivity contribution in [1.29, 1.82) is 0 Å². The van der Waals surface area contributed by atoms with Crippen LogP contribution in [0.5, 0.6) is 5.75 Å². The summed E-state index contributed by atoms with van der Waals surface area (Å²) < 4.78 is 11.9. The monoisotopic (exact) mass is 337 g/mol. The van der Waals surface area contributed by atoms with E-state index in [1.807, 2.05) is 41.1 Å². The number of pyridine rings is 1. The molecule has 0 aliphatic rings. The fraction of sp³-hybridized carbons (Fsp3) is 0.211. The molecule has 0 saturated carbocycles. The number of ether oxygens (including phenoxy) is 2. The molecule has 1 aromatic carbocycles. The van der Waals surface area contributed by atoms with E-state index in [1.54, 1.807) is 26.3 Å². The van der Waals surface area contributed by atoms with Crippen LogP contribution in [0.15, 0.2) is 48.7 Å². The summed E-state index contributed by atoms with van der Waals surface area (Å²) in [5.41, 5.74) is 2.53. The molecule has 128 valence electrons. The van der Waals surface area contributed by atoms with Crippen molar-refractivity contribution in [1.82, 2.24) is 14.8 Å². The minimum absolute atomic E-state index is 0.345. The van der Waals surface area contributed by atoms with Crippen LogP contribution in [0, 0.1) is 0 Å². The summed E-state index contributed by atoms with van der Waals surface area (Å²) in [4.78, 5) is 16.0. The molecule has 0 N–H and O–H groups in total. The summed E-state index contributed by atoms with van der Waals surface area (Å²) in [6.45, 7) is 2.69. The van der Waals surface area contributed by atoms with E-state index in [2.05, 4.69) is 10.1 Å². The Morgan fingerprint density at radius 2 is 2.04 bits per heavy atom. The Kier molecular flexibility index (Phi) is 5.09. The number of fused-ring (bicyclic) bond motifs is 1. The van der Waals surface area contributed by atoms with E-state index in [4.69, 9.17) is 9.47 Å². The Morgan fingerprint density at radius 1 is 1.24 bits per heavy atom. The number of hydrogen-bond donors (Lipinski definition) is 0. The van der Waals surface area contributed by atoms with Crippen molar-refractivity contribution >= 4 is 23.1 Å². The largest absolute Gasteiger partial charge is 0.497 e. The van der Waals surface area contributed by atoms with Crippen LogP contribution >= 0.6 is 0 Å². The zero-order chi connectivity index (χ0) is 17.6. The van der Waals surface area contributed by atoms with Gasteiger partial charge in [-0.05, 0) is 42.8 Å². The van der Waals surface area contributed by atoms with Crippen LogP contribution in [-0.4, -0.2) is 34.5 Å². The fourth-order valence-electron chi connectivity index (χ4n) is 2.51. The van der Waals surface area contributed by atoms with Crippen LogP contribution < -0.4 is 4.74 Å². The predicted molar refractivity (Wildman–Crippen MR) is 95.3 cm³/mol. The molecule has 0 fully saturated rings. The molecular weight excluding hydrogens is 318 g/mol. The lowest BCUT2D eigenvalue weighted by atomic mass is 10.2. The second kappa shape index (κ2) is 7.61. The standard InChI is InChI=1S/C19H19N3O3/c1-3-25-18(23)11-10-17-16-5-4-12-20-19(16)22(21-17)13-14-6-8-15(24-2)9-7-14/h4-12H,3,13H2,1-2H3. The molecule has 0 amide bonds. The van der Waals surface area contributed by atoms with Gasteiger partial charge in [-0.1, -0.05) is 12.1 Å². The second-order valence-corrected chi connectivity index (χ2v) is 5.35. The summed E-state index contributed by atoms with van der Waals surface area (Å²) in [5.74, 6) is 0.425. The molecule has 25 heavy (non-hydrogen) atoms. The van der Waals surface area contributed by atoms with Gasteiger partial charge in [0, 0.05) is 17.7 Å². The molecule has 0 atom stereocenters. The number of carbonyl (C=O) groups excluding carboxylic acids is 1. The molecule has 2 aromatic heterocycles. The SMILES string of the molecule is CCOC(=O)C=Cc1nn(Cc2ccc(OC)cc2)c2ncccc12. The van der Waals surface area contributed by atoms with Crippen molar-refractivity contribution in [3.05, 3.63) is 59.9 Å². The molecule has 0 radical (unpaired) electrons. The lowest BCUT2D eigenvalue weighted by molar-refractivity contribution is -0.137. The van der Waals surface area contributed by atoms with Gasteiger partial charge in [-0.15, -0.1) is 0 Å². The maximum absolute atomic E-state index is 11.5. The van der Waals surface area contributed by atoms with Crippen molar-refractivity contribution in [2.45, 2.75) is 13.5 Å². The van der Waals surface area contributed by atoms with Gasteiger partial charge >= 0.3 is 5.97 Å². The normalized spacial score (nSPS) is 11.1. The first-order chi connectivity index (χ1) is 12.2. The zero-order valence-corrected chi connectivity index (χ0v) is 14.2. The average Bonchev–Trinajstić information content (AvgIpc) is 2.99. The van der Waals surface area contributed by atoms with Crippen LogP contribution in [0.4, 0.5) is 0 Å². The Balaban J connectivity index is 1.91. The summed E-state index contributed by atoms with van der Waals surface area (Å²) >= 11 is 0. The van der Waals surface area contributed by atoms with E-state index < -0.39 is 0 Å². The first-order valence-corrected chi connectivity index (χ1v) is 8.00. The summed E-state index contributed by atoms with van der Waals surface area (Å²) in [6.07, 6.45) is 4.77. The number of hydrogen-bond acceptors (Lipinski definition) is 5. The highest BCUT2D eigenvalue weighted by Gasteiger charge is 2.10. The predicted octanol–water partition coefficient (Wildman–Crippen LogP) is 3.06. The second-order valence-electron chi connectivity index (χ2n) is 5.35. The molecule has 3 rings (SSSR count). The molecule has 0 spiro atoms. The third-order valence-electron chi connectivity index (χ3n) is 3.69. The topological polar surface area (TPSA) is 66.2 Å². The lowest BCUT2D eigenvalue weighted by Gasteiger charge is -2.04. The Bertz CT molecular complexity index is 898. The van der Waals surface area contributed by atoms with E-state index in [-0.39, 0.29) is 5.97 Å². The van der Waals surface area contributed by atoms with Gasteiger partial charge in [-0.2, -0.15) is 5.10 Å². The minimum Gasteiger partial charge on any atom is -0.497 e. The van der Waals surface area contributed by atoms with E-state index in [9.17, 15) is 4.79 Å². The Labute approximate surface area is 145 Å². The third kappa shape index (κ3) is 3.85. The lowest BCUT2D eigenvalue weighted by Crippen LogP contribution is -2.03. The number of benzene rings is 1. The number of carbonyl (C=O) groups is 1. The van der Waals surface area contributed by atoms with Crippen LogP contribution in [0.1, 0.15) is 18.2 Å². The average molecular weight is 337 g/mol. The van der Waals surface area contributed by atoms with Gasteiger partial charge in [0.15, 0.2) is 5.65 Å². The maximum atomic E-state index is 11.5. The van der Waals surface area contributed by atoms with Gasteiger partial charge in [0.25, 0.3) is 0 Å². The number of aromatic nitrogens is 3. The van der Waals surface area contributed by atoms with E-state index in [0.29, 0.717) is 18.8 Å². The van der Waals surface area contributed by atoms with Gasteiger partial charge in [0.2, 0.25) is 0 Å². The van der Waals surface area contributed by atoms with Crippen molar-refractivity contribution in [2.24, 2.45) is 0 Å². The smallest absolute Gasteiger partial charge is 0.330 e. The fourth-order valence-corrected chi connectivity index (χ4v) is 2.51. The highest BCUT2D eigenvalue weighted by molar-refractivity contribution is 5.91. The third-order valence-corrected chi connectivity index (χ3v) is 3.69. The zero-order valence-electron chi connectivity index (χ0n) is 14.2.